The van der Waals surface area contributed by atoms with Crippen LogP contribution in [0.5, 0.6) is 0 Å². The Morgan fingerprint density at radius 3 is 2.58 bits per heavy atom. The minimum absolute atomic E-state index is 0.0909. The molecule has 104 valence electrons. The summed E-state index contributed by atoms with van der Waals surface area (Å²) in [5, 5.41) is 11.1. The van der Waals surface area contributed by atoms with Gasteiger partial charge in [-0.25, -0.2) is 9.59 Å². The van der Waals surface area contributed by atoms with E-state index < -0.39 is 18.1 Å². The molecule has 0 bridgehead atoms. The molecule has 19 heavy (non-hydrogen) atoms. The fraction of sp³-hybridized carbons (Fsp3) is 0.385. The summed E-state index contributed by atoms with van der Waals surface area (Å²) in [5.74, 6) is -1.16. The Bertz CT molecular complexity index is 407. The third kappa shape index (κ3) is 5.87. The molecule has 0 unspecified atom stereocenters. The van der Waals surface area contributed by atoms with E-state index in [0.717, 1.165) is 5.56 Å². The van der Waals surface area contributed by atoms with Gasteiger partial charge in [-0.05, 0) is 12.5 Å². The predicted octanol–water partition coefficient (Wildman–Crippen LogP) is 1.40. The van der Waals surface area contributed by atoms with Crippen LogP contribution in [0.3, 0.4) is 0 Å². The Morgan fingerprint density at radius 1 is 1.32 bits per heavy atom. The predicted molar refractivity (Wildman–Crippen MR) is 67.7 cm³/mol. The van der Waals surface area contributed by atoms with Crippen molar-refractivity contribution in [3.8, 4) is 0 Å². The van der Waals surface area contributed by atoms with Crippen molar-refractivity contribution < 1.29 is 24.2 Å². The maximum absolute atomic E-state index is 11.4. The summed E-state index contributed by atoms with van der Waals surface area (Å²) in [6.07, 6.45) is -0.782. The van der Waals surface area contributed by atoms with E-state index in [1.54, 1.807) is 6.92 Å². The van der Waals surface area contributed by atoms with E-state index >= 15 is 0 Å². The second-order valence-electron chi connectivity index (χ2n) is 3.76. The summed E-state index contributed by atoms with van der Waals surface area (Å²) >= 11 is 0. The number of carbonyl (C=O) groups excluding carboxylic acids is 1. The Morgan fingerprint density at radius 2 is 2.00 bits per heavy atom. The number of aliphatic carboxylic acids is 1. The van der Waals surface area contributed by atoms with Crippen LogP contribution in [0.1, 0.15) is 12.5 Å². The first-order valence-electron chi connectivity index (χ1n) is 5.91. The van der Waals surface area contributed by atoms with Gasteiger partial charge in [0.25, 0.3) is 0 Å². The van der Waals surface area contributed by atoms with Crippen LogP contribution in [-0.4, -0.2) is 36.4 Å². The SMILES string of the molecule is CCOC[C@@H](NC(=O)OCc1ccccc1)C(=O)O. The summed E-state index contributed by atoms with van der Waals surface area (Å²) in [7, 11) is 0. The molecule has 6 nitrogen and oxygen atoms in total. The highest BCUT2D eigenvalue weighted by molar-refractivity contribution is 5.79. The zero-order valence-corrected chi connectivity index (χ0v) is 10.7. The molecule has 0 aliphatic rings. The molecule has 0 radical (unpaired) electrons. The molecule has 1 atom stereocenters. The summed E-state index contributed by atoms with van der Waals surface area (Å²) in [4.78, 5) is 22.3. The van der Waals surface area contributed by atoms with E-state index in [-0.39, 0.29) is 13.2 Å². The zero-order chi connectivity index (χ0) is 14.1. The lowest BCUT2D eigenvalue weighted by atomic mass is 10.2. The number of benzene rings is 1. The highest BCUT2D eigenvalue weighted by Gasteiger charge is 2.20. The van der Waals surface area contributed by atoms with Crippen molar-refractivity contribution in [2.24, 2.45) is 0 Å². The van der Waals surface area contributed by atoms with Crippen LogP contribution in [-0.2, 0) is 20.9 Å². The average Bonchev–Trinajstić information content (AvgIpc) is 2.42. The largest absolute Gasteiger partial charge is 0.480 e. The molecular formula is C13H17NO5. The first kappa shape index (κ1) is 15.0. The Kier molecular flexibility index (Phi) is 6.38. The normalized spacial score (nSPS) is 11.6. The molecule has 1 rings (SSSR count). The number of carbonyl (C=O) groups is 2. The molecule has 2 N–H and O–H groups in total. The number of hydrogen-bond donors (Lipinski definition) is 2. The second-order valence-corrected chi connectivity index (χ2v) is 3.76. The van der Waals surface area contributed by atoms with Crippen LogP contribution in [0.15, 0.2) is 30.3 Å². The molecule has 0 aromatic heterocycles. The maximum Gasteiger partial charge on any atom is 0.408 e. The molecule has 0 saturated carbocycles. The lowest BCUT2D eigenvalue weighted by Crippen LogP contribution is -2.44. The first-order chi connectivity index (χ1) is 9.13. The van der Waals surface area contributed by atoms with E-state index in [0.29, 0.717) is 6.61 Å². The van der Waals surface area contributed by atoms with Crippen molar-refractivity contribution in [1.82, 2.24) is 5.32 Å². The third-order valence-electron chi connectivity index (χ3n) is 2.29. The van der Waals surface area contributed by atoms with Gasteiger partial charge in [0, 0.05) is 6.61 Å². The second kappa shape index (κ2) is 8.10. The van der Waals surface area contributed by atoms with Crippen molar-refractivity contribution in [2.45, 2.75) is 19.6 Å². The van der Waals surface area contributed by atoms with Crippen molar-refractivity contribution >= 4 is 12.1 Å². The maximum atomic E-state index is 11.4. The van der Waals surface area contributed by atoms with E-state index in [2.05, 4.69) is 5.32 Å². The van der Waals surface area contributed by atoms with Crippen molar-refractivity contribution in [2.75, 3.05) is 13.2 Å². The van der Waals surface area contributed by atoms with Gasteiger partial charge in [-0.15, -0.1) is 0 Å². The molecular weight excluding hydrogens is 250 g/mol. The number of ether oxygens (including phenoxy) is 2. The highest BCUT2D eigenvalue weighted by Crippen LogP contribution is 2.00. The van der Waals surface area contributed by atoms with E-state index in [1.807, 2.05) is 30.3 Å². The topological polar surface area (TPSA) is 84.9 Å². The number of hydrogen-bond acceptors (Lipinski definition) is 4. The van der Waals surface area contributed by atoms with Crippen LogP contribution < -0.4 is 5.32 Å². The lowest BCUT2D eigenvalue weighted by molar-refractivity contribution is -0.140. The molecule has 6 heteroatoms. The number of amides is 1. The molecule has 1 amide bonds. The standard InChI is InChI=1S/C13H17NO5/c1-2-18-9-11(12(15)16)14-13(17)19-8-10-6-4-3-5-7-10/h3-7,11H,2,8-9H2,1H3,(H,14,17)(H,15,16)/t11-/m1/s1. The van der Waals surface area contributed by atoms with Crippen LogP contribution in [0.2, 0.25) is 0 Å². The van der Waals surface area contributed by atoms with Crippen LogP contribution in [0.4, 0.5) is 4.79 Å². The molecule has 0 saturated heterocycles. The van der Waals surface area contributed by atoms with Gasteiger partial charge in [-0.1, -0.05) is 30.3 Å². The van der Waals surface area contributed by atoms with Crippen molar-refractivity contribution in [1.29, 1.82) is 0 Å². The Hall–Kier alpha value is -2.08. The summed E-state index contributed by atoms with van der Waals surface area (Å²) in [5.41, 5.74) is 0.828. The van der Waals surface area contributed by atoms with E-state index in [9.17, 15) is 9.59 Å². The smallest absolute Gasteiger partial charge is 0.408 e. The van der Waals surface area contributed by atoms with Crippen LogP contribution in [0.25, 0.3) is 0 Å². The molecule has 1 aromatic carbocycles. The average molecular weight is 267 g/mol. The summed E-state index contributed by atoms with van der Waals surface area (Å²) in [6.45, 7) is 2.12. The van der Waals surface area contributed by atoms with Gasteiger partial charge < -0.3 is 19.9 Å². The zero-order valence-electron chi connectivity index (χ0n) is 10.7. The Labute approximate surface area is 111 Å². The molecule has 0 aliphatic heterocycles. The summed E-state index contributed by atoms with van der Waals surface area (Å²) < 4.78 is 9.89. The number of rotatable bonds is 7. The third-order valence-corrected chi connectivity index (χ3v) is 2.29. The minimum Gasteiger partial charge on any atom is -0.480 e. The molecule has 0 heterocycles. The number of carboxylic acid groups (broad SMARTS) is 1. The van der Waals surface area contributed by atoms with Crippen LogP contribution >= 0.6 is 0 Å². The van der Waals surface area contributed by atoms with Gasteiger partial charge in [0.15, 0.2) is 6.04 Å². The van der Waals surface area contributed by atoms with Gasteiger partial charge in [-0.3, -0.25) is 0 Å². The molecule has 0 spiro atoms. The van der Waals surface area contributed by atoms with E-state index in [1.165, 1.54) is 0 Å². The number of carboxylic acids is 1. The minimum atomic E-state index is -1.16. The van der Waals surface area contributed by atoms with Gasteiger partial charge >= 0.3 is 12.1 Å². The lowest BCUT2D eigenvalue weighted by Gasteiger charge is -2.14. The van der Waals surface area contributed by atoms with Gasteiger partial charge in [0.2, 0.25) is 0 Å². The van der Waals surface area contributed by atoms with Gasteiger partial charge in [0.05, 0.1) is 6.61 Å². The highest BCUT2D eigenvalue weighted by atomic mass is 16.5. The quantitative estimate of drug-likeness (QED) is 0.780. The monoisotopic (exact) mass is 267 g/mol. The first-order valence-corrected chi connectivity index (χ1v) is 5.91. The number of nitrogens with one attached hydrogen (secondary N) is 1. The summed E-state index contributed by atoms with van der Waals surface area (Å²) in [6, 6.07) is 8.01. The van der Waals surface area contributed by atoms with Crippen molar-refractivity contribution in [3.63, 3.8) is 0 Å². The fourth-order valence-corrected chi connectivity index (χ4v) is 1.32. The van der Waals surface area contributed by atoms with Crippen LogP contribution in [0, 0.1) is 0 Å². The van der Waals surface area contributed by atoms with Gasteiger partial charge in [0.1, 0.15) is 6.61 Å². The van der Waals surface area contributed by atoms with Crippen molar-refractivity contribution in [3.05, 3.63) is 35.9 Å². The Balaban J connectivity index is 2.38. The van der Waals surface area contributed by atoms with Gasteiger partial charge in [-0.2, -0.15) is 0 Å². The molecule has 1 aromatic rings. The molecule has 0 aliphatic carbocycles. The number of alkyl carbamates (subject to hydrolysis) is 1. The fourth-order valence-electron chi connectivity index (χ4n) is 1.32. The van der Waals surface area contributed by atoms with E-state index in [4.69, 9.17) is 14.6 Å². The molecule has 0 fully saturated rings.